The van der Waals surface area contributed by atoms with Crippen molar-refractivity contribution >= 4 is 17.5 Å². The Kier molecular flexibility index (Phi) is 8.21. The molecule has 0 aliphatic heterocycles. The van der Waals surface area contributed by atoms with E-state index in [1.807, 2.05) is 0 Å². The highest BCUT2D eigenvalue weighted by atomic mass is 19.4. The molecule has 2 fully saturated rings. The first kappa shape index (κ1) is 23.4. The van der Waals surface area contributed by atoms with Gasteiger partial charge in [0.2, 0.25) is 5.84 Å². The number of benzene rings is 1. The fraction of sp³-hybridized carbons (Fsp3) is 0.652. The van der Waals surface area contributed by atoms with Crippen LogP contribution in [0.15, 0.2) is 29.4 Å². The number of halogens is 3. The topological polar surface area (TPSA) is 53.9 Å². The summed E-state index contributed by atoms with van der Waals surface area (Å²) >= 11 is 0. The minimum atomic E-state index is -4.44. The maximum atomic E-state index is 13.1. The van der Waals surface area contributed by atoms with Crippen LogP contribution in [-0.4, -0.2) is 35.4 Å². The molecule has 0 spiro atoms. The summed E-state index contributed by atoms with van der Waals surface area (Å²) in [6.07, 6.45) is 6.27. The average Bonchev–Trinajstić information content (AvgIpc) is 2.77. The van der Waals surface area contributed by atoms with E-state index in [-0.39, 0.29) is 30.2 Å². The third-order valence-corrected chi connectivity index (χ3v) is 6.12. The molecule has 0 radical (unpaired) electrons. The summed E-state index contributed by atoms with van der Waals surface area (Å²) in [4.78, 5) is 15.0. The van der Waals surface area contributed by atoms with Gasteiger partial charge >= 0.3 is 12.1 Å². The Morgan fingerprint density at radius 3 is 2.16 bits per heavy atom. The highest BCUT2D eigenvalue weighted by molar-refractivity contribution is 6.35. The Bertz CT molecular complexity index is 737. The Morgan fingerprint density at radius 2 is 1.65 bits per heavy atom. The molecule has 172 valence electrons. The Balaban J connectivity index is 1.91. The van der Waals surface area contributed by atoms with Crippen molar-refractivity contribution in [2.24, 2.45) is 5.10 Å². The normalized spacial score (nSPS) is 19.2. The number of ether oxygens (including phenoxy) is 1. The maximum absolute atomic E-state index is 13.1. The van der Waals surface area contributed by atoms with Crippen LogP contribution in [0.2, 0.25) is 0 Å². The molecule has 5 nitrogen and oxygen atoms in total. The number of anilines is 1. The van der Waals surface area contributed by atoms with Crippen LogP contribution in [0.25, 0.3) is 0 Å². The van der Waals surface area contributed by atoms with Gasteiger partial charge in [0.25, 0.3) is 0 Å². The Hall–Kier alpha value is -2.25. The monoisotopic (exact) mass is 439 g/mol. The van der Waals surface area contributed by atoms with Crippen molar-refractivity contribution in [1.29, 1.82) is 0 Å². The van der Waals surface area contributed by atoms with Gasteiger partial charge in [-0.1, -0.05) is 44.6 Å². The van der Waals surface area contributed by atoms with Gasteiger partial charge in [-0.15, -0.1) is 5.10 Å². The van der Waals surface area contributed by atoms with E-state index in [9.17, 15) is 18.0 Å². The lowest BCUT2D eigenvalue weighted by molar-refractivity contribution is -0.138. The number of amidine groups is 1. The lowest BCUT2D eigenvalue weighted by Gasteiger charge is -2.42. The lowest BCUT2D eigenvalue weighted by atomic mass is 9.88. The van der Waals surface area contributed by atoms with E-state index >= 15 is 0 Å². The molecule has 0 aromatic heterocycles. The number of nitrogens with one attached hydrogen (secondary N) is 1. The number of carbonyl (C=O) groups is 1. The summed E-state index contributed by atoms with van der Waals surface area (Å²) in [6, 6.07) is 5.24. The molecule has 0 atom stereocenters. The van der Waals surface area contributed by atoms with Crippen LogP contribution in [0.4, 0.5) is 18.9 Å². The third-order valence-electron chi connectivity index (χ3n) is 6.12. The van der Waals surface area contributed by atoms with E-state index in [1.165, 1.54) is 25.0 Å². The van der Waals surface area contributed by atoms with Crippen molar-refractivity contribution in [3.8, 4) is 0 Å². The largest absolute Gasteiger partial charge is 0.460 e. The van der Waals surface area contributed by atoms with Gasteiger partial charge in [0.05, 0.1) is 17.9 Å². The van der Waals surface area contributed by atoms with Crippen LogP contribution in [-0.2, 0) is 15.7 Å². The van der Waals surface area contributed by atoms with Gasteiger partial charge < -0.3 is 9.64 Å². The quantitative estimate of drug-likeness (QED) is 0.266. The highest BCUT2D eigenvalue weighted by Gasteiger charge is 2.35. The predicted octanol–water partition coefficient (Wildman–Crippen LogP) is 5.96. The standard InChI is InChI=1S/C23H32F3N3O2/c1-2-31-22(30)21(28-27-18-11-9-10-17(16-18)23(24,25)26)29(19-12-5-3-6-13-19)20-14-7-4-8-15-20/h9-11,16,19-20,27H,2-8,12-15H2,1H3. The van der Waals surface area contributed by atoms with Crippen LogP contribution in [0.5, 0.6) is 0 Å². The summed E-state index contributed by atoms with van der Waals surface area (Å²) in [5.41, 5.74) is 2.12. The predicted molar refractivity (Wildman–Crippen MR) is 115 cm³/mol. The fourth-order valence-electron chi connectivity index (χ4n) is 4.65. The van der Waals surface area contributed by atoms with Crippen LogP contribution in [0.3, 0.4) is 0 Å². The van der Waals surface area contributed by atoms with E-state index < -0.39 is 17.7 Å². The first-order valence-electron chi connectivity index (χ1n) is 11.4. The smallest absolute Gasteiger partial charge is 0.416 e. The molecular formula is C23H32F3N3O2. The SMILES string of the molecule is CCOC(=O)C(=NNc1cccc(C(F)(F)F)c1)N(C1CCCCC1)C1CCCCC1. The van der Waals surface area contributed by atoms with Crippen LogP contribution in [0.1, 0.15) is 76.7 Å². The number of rotatable bonds is 5. The van der Waals surface area contributed by atoms with Gasteiger partial charge in [-0.25, -0.2) is 4.79 Å². The van der Waals surface area contributed by atoms with E-state index in [2.05, 4.69) is 15.4 Å². The molecule has 1 aromatic carbocycles. The molecular weight excluding hydrogens is 407 g/mol. The number of alkyl halides is 3. The average molecular weight is 440 g/mol. The van der Waals surface area contributed by atoms with Gasteiger partial charge in [0, 0.05) is 12.1 Å². The summed E-state index contributed by atoms with van der Waals surface area (Å²) in [7, 11) is 0. The molecule has 8 heteroatoms. The molecule has 31 heavy (non-hydrogen) atoms. The van der Waals surface area contributed by atoms with Crippen molar-refractivity contribution in [2.75, 3.05) is 12.0 Å². The van der Waals surface area contributed by atoms with E-state index in [4.69, 9.17) is 4.74 Å². The number of carbonyl (C=O) groups excluding carboxylic acids is 1. The second kappa shape index (κ2) is 10.9. The first-order valence-corrected chi connectivity index (χ1v) is 11.4. The minimum absolute atomic E-state index is 0.179. The van der Waals surface area contributed by atoms with E-state index in [1.54, 1.807) is 6.92 Å². The van der Waals surface area contributed by atoms with E-state index in [0.717, 1.165) is 63.5 Å². The second-order valence-electron chi connectivity index (χ2n) is 8.34. The number of nitrogens with zero attached hydrogens (tertiary/aromatic N) is 2. The lowest BCUT2D eigenvalue weighted by Crippen LogP contribution is -2.52. The van der Waals surface area contributed by atoms with Crippen molar-refractivity contribution < 1.29 is 22.7 Å². The molecule has 2 saturated carbocycles. The Labute approximate surface area is 182 Å². The first-order chi connectivity index (χ1) is 14.9. The minimum Gasteiger partial charge on any atom is -0.460 e. The van der Waals surface area contributed by atoms with Crippen LogP contribution in [0, 0.1) is 0 Å². The zero-order chi connectivity index (χ0) is 22.3. The van der Waals surface area contributed by atoms with Crippen LogP contribution >= 0.6 is 0 Å². The zero-order valence-corrected chi connectivity index (χ0v) is 18.1. The molecule has 1 N–H and O–H groups in total. The van der Waals surface area contributed by atoms with Crippen LogP contribution < -0.4 is 5.43 Å². The molecule has 0 unspecified atom stereocenters. The van der Waals surface area contributed by atoms with Gasteiger partial charge in [0.1, 0.15) is 0 Å². The number of hydrogen-bond donors (Lipinski definition) is 1. The van der Waals surface area contributed by atoms with Gasteiger partial charge in [0.15, 0.2) is 0 Å². The highest BCUT2D eigenvalue weighted by Crippen LogP contribution is 2.32. The summed E-state index contributed by atoms with van der Waals surface area (Å²) in [5.74, 6) is -0.351. The molecule has 0 bridgehead atoms. The number of esters is 1. The van der Waals surface area contributed by atoms with Gasteiger partial charge in [-0.2, -0.15) is 13.2 Å². The van der Waals surface area contributed by atoms with E-state index in [0.29, 0.717) is 0 Å². The van der Waals surface area contributed by atoms with Crippen molar-refractivity contribution in [3.05, 3.63) is 29.8 Å². The summed E-state index contributed by atoms with van der Waals surface area (Å²) < 4.78 is 44.5. The number of hydrazone groups is 1. The molecule has 0 saturated heterocycles. The van der Waals surface area contributed by atoms with Crippen molar-refractivity contribution in [1.82, 2.24) is 4.90 Å². The molecule has 3 rings (SSSR count). The fourth-order valence-corrected chi connectivity index (χ4v) is 4.65. The second-order valence-corrected chi connectivity index (χ2v) is 8.34. The summed E-state index contributed by atoms with van der Waals surface area (Å²) in [5, 5.41) is 4.34. The molecule has 2 aliphatic rings. The Morgan fingerprint density at radius 1 is 1.06 bits per heavy atom. The van der Waals surface area contributed by atoms with Gasteiger partial charge in [-0.05, 0) is 50.8 Å². The zero-order valence-electron chi connectivity index (χ0n) is 18.1. The van der Waals surface area contributed by atoms with Crippen molar-refractivity contribution in [2.45, 2.75) is 89.4 Å². The molecule has 0 amide bonds. The van der Waals surface area contributed by atoms with Crippen molar-refractivity contribution in [3.63, 3.8) is 0 Å². The molecule has 0 heterocycles. The summed E-state index contributed by atoms with van der Waals surface area (Å²) in [6.45, 7) is 1.95. The molecule has 1 aromatic rings. The third kappa shape index (κ3) is 6.37. The maximum Gasteiger partial charge on any atom is 0.416 e. The number of hydrogen-bond acceptors (Lipinski definition) is 4. The molecule has 2 aliphatic carbocycles. The van der Waals surface area contributed by atoms with Gasteiger partial charge in [-0.3, -0.25) is 5.43 Å².